The lowest BCUT2D eigenvalue weighted by Gasteiger charge is -2.11. The fourth-order valence-electron chi connectivity index (χ4n) is 3.77. The van der Waals surface area contributed by atoms with E-state index in [-0.39, 0.29) is 16.9 Å². The molecule has 0 atom stereocenters. The summed E-state index contributed by atoms with van der Waals surface area (Å²) in [5, 5.41) is 0.607. The highest BCUT2D eigenvalue weighted by atomic mass is 32.2. The summed E-state index contributed by atoms with van der Waals surface area (Å²) in [6, 6.07) is 19.9. The first-order valence-electron chi connectivity index (χ1n) is 10.1. The molecule has 3 heterocycles. The third-order valence-electron chi connectivity index (χ3n) is 5.29. The second-order valence-electron chi connectivity index (χ2n) is 7.34. The summed E-state index contributed by atoms with van der Waals surface area (Å²) in [5.41, 5.74) is 2.29. The van der Waals surface area contributed by atoms with Crippen molar-refractivity contribution in [2.45, 2.75) is 6.54 Å². The fourth-order valence-corrected chi connectivity index (χ4v) is 4.60. The Kier molecular flexibility index (Phi) is 5.35. The number of para-hydroxylation sites is 2. The quantitative estimate of drug-likeness (QED) is 0.298. The van der Waals surface area contributed by atoms with E-state index >= 15 is 0 Å². The Morgan fingerprint density at radius 3 is 2.58 bits per heavy atom. The van der Waals surface area contributed by atoms with Crippen LogP contribution in [0.15, 0.2) is 82.2 Å². The topological polar surface area (TPSA) is 81.8 Å². The number of anilines is 1. The highest BCUT2D eigenvalue weighted by molar-refractivity contribution is 8.19. The van der Waals surface area contributed by atoms with Crippen molar-refractivity contribution in [1.82, 2.24) is 4.57 Å². The van der Waals surface area contributed by atoms with E-state index in [1.165, 1.54) is 12.0 Å². The number of hydrogen-bond donors (Lipinski definition) is 0. The highest BCUT2D eigenvalue weighted by Gasteiger charge is 2.36. The van der Waals surface area contributed by atoms with Gasteiger partial charge in [-0.15, -0.1) is 0 Å². The van der Waals surface area contributed by atoms with Crippen molar-refractivity contribution in [3.05, 3.63) is 94.9 Å². The van der Waals surface area contributed by atoms with Gasteiger partial charge in [-0.2, -0.15) is 0 Å². The molecule has 1 aliphatic heterocycles. The van der Waals surface area contributed by atoms with Crippen LogP contribution in [0.4, 0.5) is 10.5 Å². The molecule has 33 heavy (non-hydrogen) atoms. The molecular formula is C25H18N2O5S. The van der Waals surface area contributed by atoms with Gasteiger partial charge in [-0.05, 0) is 48.2 Å². The molecule has 0 radical (unpaired) electrons. The van der Waals surface area contributed by atoms with Gasteiger partial charge in [-0.25, -0.2) is 9.69 Å². The summed E-state index contributed by atoms with van der Waals surface area (Å²) in [5.74, 6) is -0.152. The number of carbonyl (C=O) groups excluding carboxylic acids is 3. The lowest BCUT2D eigenvalue weighted by Crippen LogP contribution is -2.27. The van der Waals surface area contributed by atoms with E-state index in [1.807, 2.05) is 41.1 Å². The van der Waals surface area contributed by atoms with Crippen molar-refractivity contribution >= 4 is 51.5 Å². The molecule has 2 amide bonds. The molecule has 7 nitrogen and oxygen atoms in total. The average Bonchev–Trinajstić information content (AvgIpc) is 3.51. The van der Waals surface area contributed by atoms with Gasteiger partial charge in [0.2, 0.25) is 5.76 Å². The number of rotatable bonds is 5. The van der Waals surface area contributed by atoms with E-state index in [0.29, 0.717) is 22.9 Å². The van der Waals surface area contributed by atoms with Gasteiger partial charge >= 0.3 is 5.97 Å². The lowest BCUT2D eigenvalue weighted by molar-refractivity contribution is -0.113. The Balaban J connectivity index is 1.49. The maximum Gasteiger partial charge on any atom is 0.373 e. The van der Waals surface area contributed by atoms with Crippen LogP contribution in [0.3, 0.4) is 0 Å². The van der Waals surface area contributed by atoms with Crippen LogP contribution in [0.25, 0.3) is 17.0 Å². The van der Waals surface area contributed by atoms with Crippen LogP contribution >= 0.6 is 11.8 Å². The Morgan fingerprint density at radius 2 is 1.79 bits per heavy atom. The zero-order valence-electron chi connectivity index (χ0n) is 17.6. The van der Waals surface area contributed by atoms with Gasteiger partial charge in [-0.3, -0.25) is 9.59 Å². The minimum Gasteiger partial charge on any atom is -0.463 e. The zero-order valence-corrected chi connectivity index (χ0v) is 18.4. The molecule has 0 N–H and O–H groups in total. The summed E-state index contributed by atoms with van der Waals surface area (Å²) >= 11 is 0.922. The standard InChI is InChI=1S/C25H18N2O5S/c1-31-24(29)21-12-11-18(32-21)15-26-14-16(19-9-5-6-10-20(19)26)13-22-23(28)27(25(30)33-22)17-7-3-2-4-8-17/h2-14H,15H2,1H3/b22-13-. The number of aromatic nitrogens is 1. The number of benzene rings is 2. The molecule has 2 aromatic carbocycles. The zero-order chi connectivity index (χ0) is 22.9. The van der Waals surface area contributed by atoms with Crippen molar-refractivity contribution in [2.24, 2.45) is 0 Å². The van der Waals surface area contributed by atoms with E-state index in [4.69, 9.17) is 9.15 Å². The maximum atomic E-state index is 13.0. The number of methoxy groups -OCH3 is 1. The Labute approximate surface area is 193 Å². The summed E-state index contributed by atoms with van der Waals surface area (Å²) in [6.07, 6.45) is 3.65. The van der Waals surface area contributed by atoms with Crippen LogP contribution in [-0.2, 0) is 16.1 Å². The number of carbonyl (C=O) groups is 3. The summed E-state index contributed by atoms with van der Waals surface area (Å²) < 4.78 is 12.3. The van der Waals surface area contributed by atoms with Crippen LogP contribution in [0.2, 0.25) is 0 Å². The van der Waals surface area contributed by atoms with Crippen LogP contribution in [0.1, 0.15) is 21.9 Å². The Morgan fingerprint density at radius 1 is 1.03 bits per heavy atom. The van der Waals surface area contributed by atoms with Gasteiger partial charge in [0.25, 0.3) is 11.1 Å². The first-order valence-corrected chi connectivity index (χ1v) is 10.9. The molecule has 0 unspecified atom stereocenters. The summed E-state index contributed by atoms with van der Waals surface area (Å²) in [4.78, 5) is 38.8. The van der Waals surface area contributed by atoms with Gasteiger partial charge in [0.1, 0.15) is 5.76 Å². The van der Waals surface area contributed by atoms with E-state index in [2.05, 4.69) is 0 Å². The molecule has 1 fully saturated rings. The first kappa shape index (κ1) is 20.8. The van der Waals surface area contributed by atoms with Crippen LogP contribution < -0.4 is 4.90 Å². The molecular weight excluding hydrogens is 440 g/mol. The largest absolute Gasteiger partial charge is 0.463 e. The molecule has 0 bridgehead atoms. The molecule has 8 heteroatoms. The van der Waals surface area contributed by atoms with Crippen molar-refractivity contribution in [3.8, 4) is 0 Å². The van der Waals surface area contributed by atoms with E-state index < -0.39 is 5.97 Å². The molecule has 0 saturated carbocycles. The predicted molar refractivity (Wildman–Crippen MR) is 126 cm³/mol. The molecule has 2 aromatic heterocycles. The number of esters is 1. The van der Waals surface area contributed by atoms with Gasteiger partial charge < -0.3 is 13.7 Å². The minimum atomic E-state index is -0.534. The van der Waals surface area contributed by atoms with Crippen LogP contribution in [0, 0.1) is 0 Å². The lowest BCUT2D eigenvalue weighted by atomic mass is 10.1. The van der Waals surface area contributed by atoms with E-state index in [9.17, 15) is 14.4 Å². The van der Waals surface area contributed by atoms with E-state index in [1.54, 1.807) is 42.5 Å². The number of ether oxygens (including phenoxy) is 1. The van der Waals surface area contributed by atoms with Crippen molar-refractivity contribution in [1.29, 1.82) is 0 Å². The third kappa shape index (κ3) is 3.85. The molecule has 164 valence electrons. The highest BCUT2D eigenvalue weighted by Crippen LogP contribution is 2.37. The number of amides is 2. The van der Waals surface area contributed by atoms with Gasteiger partial charge in [0.15, 0.2) is 0 Å². The van der Waals surface area contributed by atoms with Gasteiger partial charge in [0, 0.05) is 22.7 Å². The molecule has 0 spiro atoms. The third-order valence-corrected chi connectivity index (χ3v) is 6.16. The number of imide groups is 1. The van der Waals surface area contributed by atoms with Gasteiger partial charge in [-0.1, -0.05) is 36.4 Å². The molecule has 1 aliphatic rings. The van der Waals surface area contributed by atoms with Crippen molar-refractivity contribution in [3.63, 3.8) is 0 Å². The number of fused-ring (bicyclic) bond motifs is 1. The predicted octanol–water partition coefficient (Wildman–Crippen LogP) is 5.31. The maximum absolute atomic E-state index is 13.0. The second kappa shape index (κ2) is 8.48. The SMILES string of the molecule is COC(=O)c1ccc(Cn2cc(/C=C3\SC(=O)N(c4ccccc4)C3=O)c3ccccc32)o1. The fraction of sp³-hybridized carbons (Fsp3) is 0.0800. The number of thioether (sulfide) groups is 1. The molecule has 1 saturated heterocycles. The van der Waals surface area contributed by atoms with Crippen LogP contribution in [0.5, 0.6) is 0 Å². The summed E-state index contributed by atoms with van der Waals surface area (Å²) in [6.45, 7) is 0.386. The van der Waals surface area contributed by atoms with Crippen molar-refractivity contribution in [2.75, 3.05) is 12.0 Å². The molecule has 0 aliphatic carbocycles. The number of furan rings is 1. The second-order valence-corrected chi connectivity index (χ2v) is 8.33. The van der Waals surface area contributed by atoms with Gasteiger partial charge in [0.05, 0.1) is 24.2 Å². The minimum absolute atomic E-state index is 0.138. The van der Waals surface area contributed by atoms with E-state index in [0.717, 1.165) is 28.2 Å². The monoisotopic (exact) mass is 458 g/mol. The molecule has 4 aromatic rings. The number of hydrogen-bond acceptors (Lipinski definition) is 6. The Hall–Kier alpha value is -4.04. The van der Waals surface area contributed by atoms with Crippen molar-refractivity contribution < 1.29 is 23.5 Å². The smallest absolute Gasteiger partial charge is 0.373 e. The normalized spacial score (nSPS) is 15.1. The Bertz CT molecular complexity index is 1420. The first-order chi connectivity index (χ1) is 16.0. The summed E-state index contributed by atoms with van der Waals surface area (Å²) in [7, 11) is 1.30. The van der Waals surface area contributed by atoms with Crippen LogP contribution in [-0.4, -0.2) is 28.8 Å². The average molecular weight is 458 g/mol. The molecule has 5 rings (SSSR count). The number of nitrogens with zero attached hydrogens (tertiary/aromatic N) is 2.